The van der Waals surface area contributed by atoms with Gasteiger partial charge < -0.3 is 10.1 Å². The molecule has 1 amide bonds. The zero-order valence-corrected chi connectivity index (χ0v) is 16.9. The number of thiazole rings is 1. The van der Waals surface area contributed by atoms with E-state index in [0.29, 0.717) is 12.1 Å². The summed E-state index contributed by atoms with van der Waals surface area (Å²) in [7, 11) is 0. The summed E-state index contributed by atoms with van der Waals surface area (Å²) in [4.78, 5) is 20.9. The van der Waals surface area contributed by atoms with Crippen LogP contribution in [0.4, 0.5) is 0 Å². The summed E-state index contributed by atoms with van der Waals surface area (Å²) in [6.45, 7) is 3.31. The van der Waals surface area contributed by atoms with Crippen molar-refractivity contribution in [1.29, 1.82) is 0 Å². The monoisotopic (exact) mass is 395 g/mol. The summed E-state index contributed by atoms with van der Waals surface area (Å²) in [5, 5.41) is 5.80. The highest BCUT2D eigenvalue weighted by molar-refractivity contribution is 7.13. The molecule has 0 spiro atoms. The maximum absolute atomic E-state index is 12.4. The number of carbonyl (C=O) groups excluding carboxylic acids is 1. The second-order valence-corrected chi connectivity index (χ2v) is 7.35. The lowest BCUT2D eigenvalue weighted by Gasteiger charge is -2.07. The molecule has 0 bridgehead atoms. The molecule has 0 radical (unpaired) electrons. The molecule has 28 heavy (non-hydrogen) atoms. The summed E-state index contributed by atoms with van der Waals surface area (Å²) in [5.41, 5.74) is 2.49. The first-order chi connectivity index (χ1) is 13.8. The van der Waals surface area contributed by atoms with Gasteiger partial charge in [-0.25, -0.2) is 4.98 Å². The molecular formula is C22H25N3O2S. The smallest absolute Gasteiger partial charge is 0.251 e. The van der Waals surface area contributed by atoms with Gasteiger partial charge in [-0.2, -0.15) is 0 Å². The van der Waals surface area contributed by atoms with Crippen LogP contribution in [-0.2, 0) is 6.54 Å². The van der Waals surface area contributed by atoms with E-state index in [1.807, 2.05) is 29.6 Å². The molecule has 0 saturated carbocycles. The van der Waals surface area contributed by atoms with E-state index in [4.69, 9.17) is 4.74 Å². The molecule has 0 aliphatic carbocycles. The van der Waals surface area contributed by atoms with E-state index < -0.39 is 0 Å². The van der Waals surface area contributed by atoms with Crippen LogP contribution in [-0.4, -0.2) is 22.5 Å². The molecule has 146 valence electrons. The van der Waals surface area contributed by atoms with E-state index in [9.17, 15) is 4.79 Å². The van der Waals surface area contributed by atoms with Crippen LogP contribution in [0.5, 0.6) is 5.75 Å². The predicted octanol–water partition coefficient (Wildman–Crippen LogP) is 5.09. The number of unbranched alkanes of at least 4 members (excludes halogenated alkanes) is 3. The zero-order valence-electron chi connectivity index (χ0n) is 16.1. The lowest BCUT2D eigenvalue weighted by molar-refractivity contribution is 0.0950. The number of benzene rings is 1. The molecule has 0 atom stereocenters. The largest absolute Gasteiger partial charge is 0.494 e. The van der Waals surface area contributed by atoms with Crippen molar-refractivity contribution >= 4 is 17.2 Å². The molecule has 6 heteroatoms. The van der Waals surface area contributed by atoms with Crippen molar-refractivity contribution in [2.75, 3.05) is 6.61 Å². The topological polar surface area (TPSA) is 64.1 Å². The highest BCUT2D eigenvalue weighted by Crippen LogP contribution is 2.22. The minimum atomic E-state index is -0.118. The van der Waals surface area contributed by atoms with Gasteiger partial charge in [0.2, 0.25) is 0 Å². The number of nitrogens with zero attached hydrogens (tertiary/aromatic N) is 2. The molecule has 1 aromatic carbocycles. The van der Waals surface area contributed by atoms with E-state index in [1.54, 1.807) is 35.9 Å². The first-order valence-corrected chi connectivity index (χ1v) is 10.5. The van der Waals surface area contributed by atoms with Crippen molar-refractivity contribution in [3.05, 3.63) is 65.4 Å². The van der Waals surface area contributed by atoms with Gasteiger partial charge >= 0.3 is 0 Å². The van der Waals surface area contributed by atoms with Crippen LogP contribution in [0, 0.1) is 0 Å². The molecular weight excluding hydrogens is 370 g/mol. The number of aromatic nitrogens is 2. The Bertz CT molecular complexity index is 863. The molecule has 1 N–H and O–H groups in total. The van der Waals surface area contributed by atoms with Crippen LogP contribution in [0.2, 0.25) is 0 Å². The van der Waals surface area contributed by atoms with E-state index >= 15 is 0 Å². The van der Waals surface area contributed by atoms with Crippen molar-refractivity contribution < 1.29 is 9.53 Å². The van der Waals surface area contributed by atoms with Crippen molar-refractivity contribution in [2.24, 2.45) is 0 Å². The molecule has 2 aromatic heterocycles. The fourth-order valence-corrected chi connectivity index (χ4v) is 3.54. The van der Waals surface area contributed by atoms with E-state index in [-0.39, 0.29) is 5.91 Å². The van der Waals surface area contributed by atoms with Gasteiger partial charge in [-0.3, -0.25) is 9.78 Å². The molecule has 2 heterocycles. The average molecular weight is 396 g/mol. The Morgan fingerprint density at radius 2 is 1.86 bits per heavy atom. The zero-order chi connectivity index (χ0) is 19.6. The molecule has 3 aromatic rings. The Balaban J connectivity index is 1.46. The van der Waals surface area contributed by atoms with E-state index in [2.05, 4.69) is 22.2 Å². The van der Waals surface area contributed by atoms with Crippen molar-refractivity contribution in [2.45, 2.75) is 39.2 Å². The van der Waals surface area contributed by atoms with Gasteiger partial charge in [-0.15, -0.1) is 11.3 Å². The normalized spacial score (nSPS) is 10.6. The Morgan fingerprint density at radius 3 is 2.61 bits per heavy atom. The van der Waals surface area contributed by atoms with Crippen LogP contribution < -0.4 is 10.1 Å². The maximum Gasteiger partial charge on any atom is 0.251 e. The van der Waals surface area contributed by atoms with E-state index in [1.165, 1.54) is 19.3 Å². The van der Waals surface area contributed by atoms with Gasteiger partial charge in [0, 0.05) is 28.9 Å². The third-order valence-electron chi connectivity index (χ3n) is 4.29. The fourth-order valence-electron chi connectivity index (χ4n) is 2.71. The molecule has 0 aliphatic rings. The van der Waals surface area contributed by atoms with Crippen LogP contribution in [0.3, 0.4) is 0 Å². The van der Waals surface area contributed by atoms with Gasteiger partial charge in [0.05, 0.1) is 18.8 Å². The van der Waals surface area contributed by atoms with Crippen molar-refractivity contribution in [3.8, 4) is 16.3 Å². The highest BCUT2D eigenvalue weighted by atomic mass is 32.1. The molecule has 0 aliphatic heterocycles. The number of pyridine rings is 1. The Labute approximate surface area is 169 Å². The van der Waals surface area contributed by atoms with Gasteiger partial charge in [-0.05, 0) is 42.8 Å². The predicted molar refractivity (Wildman–Crippen MR) is 113 cm³/mol. The second kappa shape index (κ2) is 10.6. The first-order valence-electron chi connectivity index (χ1n) is 9.62. The quantitative estimate of drug-likeness (QED) is 0.485. The lowest BCUT2D eigenvalue weighted by atomic mass is 10.2. The highest BCUT2D eigenvalue weighted by Gasteiger charge is 2.08. The number of hydrogen-bond acceptors (Lipinski definition) is 5. The summed E-state index contributed by atoms with van der Waals surface area (Å²) in [5.74, 6) is 0.683. The summed E-state index contributed by atoms with van der Waals surface area (Å²) < 4.78 is 5.72. The minimum absolute atomic E-state index is 0.118. The molecule has 0 fully saturated rings. The standard InChI is InChI=1S/C22H25N3O2S/c1-2-3-4-5-14-27-20-8-6-17(7-9-20)21(26)24-15-19-16-28-22(25-19)18-10-12-23-13-11-18/h6-13,16H,2-5,14-15H2,1H3,(H,24,26). The lowest BCUT2D eigenvalue weighted by Crippen LogP contribution is -2.22. The van der Waals surface area contributed by atoms with Crippen LogP contribution in [0.1, 0.15) is 48.7 Å². The summed E-state index contributed by atoms with van der Waals surface area (Å²) in [6, 6.07) is 11.1. The maximum atomic E-state index is 12.4. The van der Waals surface area contributed by atoms with E-state index in [0.717, 1.165) is 35.0 Å². The number of ether oxygens (including phenoxy) is 1. The Kier molecular flexibility index (Phi) is 7.55. The fraction of sp³-hybridized carbons (Fsp3) is 0.318. The van der Waals surface area contributed by atoms with Gasteiger partial charge in [-0.1, -0.05) is 26.2 Å². The van der Waals surface area contributed by atoms with Crippen LogP contribution >= 0.6 is 11.3 Å². The van der Waals surface area contributed by atoms with Crippen molar-refractivity contribution in [1.82, 2.24) is 15.3 Å². The Hall–Kier alpha value is -2.73. The number of amides is 1. The third kappa shape index (κ3) is 5.89. The number of carbonyl (C=O) groups is 1. The Morgan fingerprint density at radius 1 is 1.07 bits per heavy atom. The average Bonchev–Trinajstić information content (AvgIpc) is 3.22. The first kappa shape index (κ1) is 20.0. The molecule has 3 rings (SSSR count). The number of nitrogens with one attached hydrogen (secondary N) is 1. The van der Waals surface area contributed by atoms with Gasteiger partial charge in [0.15, 0.2) is 0 Å². The summed E-state index contributed by atoms with van der Waals surface area (Å²) in [6.07, 6.45) is 8.20. The third-order valence-corrected chi connectivity index (χ3v) is 5.23. The van der Waals surface area contributed by atoms with Crippen molar-refractivity contribution in [3.63, 3.8) is 0 Å². The van der Waals surface area contributed by atoms with Gasteiger partial charge in [0.1, 0.15) is 10.8 Å². The molecule has 0 unspecified atom stereocenters. The summed E-state index contributed by atoms with van der Waals surface area (Å²) >= 11 is 1.56. The number of hydrogen-bond donors (Lipinski definition) is 1. The second-order valence-electron chi connectivity index (χ2n) is 6.50. The number of rotatable bonds is 10. The molecule has 5 nitrogen and oxygen atoms in total. The van der Waals surface area contributed by atoms with Crippen LogP contribution in [0.15, 0.2) is 54.2 Å². The van der Waals surface area contributed by atoms with Gasteiger partial charge in [0.25, 0.3) is 5.91 Å². The minimum Gasteiger partial charge on any atom is -0.494 e. The SMILES string of the molecule is CCCCCCOc1ccc(C(=O)NCc2csc(-c3ccncc3)n2)cc1. The van der Waals surface area contributed by atoms with Crippen LogP contribution in [0.25, 0.3) is 10.6 Å². The molecule has 0 saturated heterocycles.